The molecular weight excluding hydrogens is 228 g/mol. The first-order chi connectivity index (χ1) is 7.63. The van der Waals surface area contributed by atoms with Crippen LogP contribution in [-0.2, 0) is 10.0 Å². The third-order valence-electron chi connectivity index (χ3n) is 3.05. The molecule has 0 aliphatic heterocycles. The van der Waals surface area contributed by atoms with Gasteiger partial charge < -0.3 is 5.73 Å². The highest BCUT2D eigenvalue weighted by molar-refractivity contribution is 7.89. The van der Waals surface area contributed by atoms with Crippen molar-refractivity contribution in [3.63, 3.8) is 0 Å². The van der Waals surface area contributed by atoms with Crippen molar-refractivity contribution in [2.75, 3.05) is 6.54 Å². The lowest BCUT2D eigenvalue weighted by Gasteiger charge is -2.18. The van der Waals surface area contributed by atoms with Gasteiger partial charge in [0, 0.05) is 12.2 Å². The maximum atomic E-state index is 11.9. The van der Waals surface area contributed by atoms with Gasteiger partial charge in [0.15, 0.2) is 0 Å². The molecule has 7 heteroatoms. The lowest BCUT2D eigenvalue weighted by molar-refractivity contribution is 0.453. The molecule has 4 N–H and O–H groups in total. The van der Waals surface area contributed by atoms with Crippen LogP contribution in [-0.4, -0.2) is 31.2 Å². The van der Waals surface area contributed by atoms with E-state index < -0.39 is 10.0 Å². The number of H-pyrrole nitrogens is 1. The van der Waals surface area contributed by atoms with Crippen molar-refractivity contribution in [2.45, 2.75) is 30.2 Å². The van der Waals surface area contributed by atoms with Crippen molar-refractivity contribution in [2.24, 2.45) is 11.7 Å². The standard InChI is InChI=1S/C9H16N4O2S/c10-4-7-2-1-3-9(7)13-16(14,15)8-5-11-12-6-8/h5-7,9,13H,1-4,10H2,(H,11,12). The van der Waals surface area contributed by atoms with Crippen LogP contribution < -0.4 is 10.5 Å². The van der Waals surface area contributed by atoms with E-state index in [1.807, 2.05) is 0 Å². The van der Waals surface area contributed by atoms with Crippen molar-refractivity contribution < 1.29 is 8.42 Å². The van der Waals surface area contributed by atoms with E-state index in [9.17, 15) is 8.42 Å². The number of sulfonamides is 1. The van der Waals surface area contributed by atoms with Gasteiger partial charge in [0.05, 0.1) is 6.20 Å². The van der Waals surface area contributed by atoms with Crippen LogP contribution in [0.25, 0.3) is 0 Å². The van der Waals surface area contributed by atoms with Gasteiger partial charge in [-0.05, 0) is 25.3 Å². The molecule has 0 bridgehead atoms. The minimum Gasteiger partial charge on any atom is -0.330 e. The van der Waals surface area contributed by atoms with Crippen LogP contribution >= 0.6 is 0 Å². The second-order valence-electron chi connectivity index (χ2n) is 4.09. The molecule has 90 valence electrons. The zero-order chi connectivity index (χ0) is 11.6. The number of aromatic amines is 1. The summed E-state index contributed by atoms with van der Waals surface area (Å²) in [6, 6.07) is -0.0371. The maximum absolute atomic E-state index is 11.9. The zero-order valence-corrected chi connectivity index (χ0v) is 9.70. The van der Waals surface area contributed by atoms with Crippen molar-refractivity contribution >= 4 is 10.0 Å². The lowest BCUT2D eigenvalue weighted by atomic mass is 10.1. The molecule has 1 aliphatic rings. The Morgan fingerprint density at radius 2 is 2.38 bits per heavy atom. The summed E-state index contributed by atoms with van der Waals surface area (Å²) in [5, 5.41) is 6.13. The molecule has 2 unspecified atom stereocenters. The molecule has 0 amide bonds. The van der Waals surface area contributed by atoms with Gasteiger partial charge >= 0.3 is 0 Å². The van der Waals surface area contributed by atoms with Crippen LogP contribution in [0.3, 0.4) is 0 Å². The molecule has 1 aromatic heterocycles. The Bertz CT molecular complexity index is 428. The fourth-order valence-electron chi connectivity index (χ4n) is 2.13. The molecule has 2 atom stereocenters. The normalized spacial score (nSPS) is 26.1. The first kappa shape index (κ1) is 11.6. The number of rotatable bonds is 4. The predicted molar refractivity (Wildman–Crippen MR) is 59.1 cm³/mol. The van der Waals surface area contributed by atoms with Crippen molar-refractivity contribution in [3.8, 4) is 0 Å². The molecule has 1 aliphatic carbocycles. The Morgan fingerprint density at radius 3 is 3.00 bits per heavy atom. The summed E-state index contributed by atoms with van der Waals surface area (Å²) < 4.78 is 26.5. The Morgan fingerprint density at radius 1 is 1.56 bits per heavy atom. The van der Waals surface area contributed by atoms with Crippen LogP contribution in [0.15, 0.2) is 17.3 Å². The van der Waals surface area contributed by atoms with Crippen LogP contribution in [0, 0.1) is 5.92 Å². The highest BCUT2D eigenvalue weighted by Crippen LogP contribution is 2.25. The maximum Gasteiger partial charge on any atom is 0.243 e. The van der Waals surface area contributed by atoms with Gasteiger partial charge in [-0.25, -0.2) is 13.1 Å². The van der Waals surface area contributed by atoms with Gasteiger partial charge in [0.2, 0.25) is 10.0 Å². The van der Waals surface area contributed by atoms with Crippen molar-refractivity contribution in [1.29, 1.82) is 0 Å². The highest BCUT2D eigenvalue weighted by atomic mass is 32.2. The summed E-state index contributed by atoms with van der Waals surface area (Å²) in [6.07, 6.45) is 5.55. The number of nitrogens with two attached hydrogens (primary N) is 1. The van der Waals surface area contributed by atoms with E-state index in [-0.39, 0.29) is 16.9 Å². The third kappa shape index (κ3) is 2.26. The molecule has 0 radical (unpaired) electrons. The Hall–Kier alpha value is -0.920. The van der Waals surface area contributed by atoms with Gasteiger partial charge in [-0.2, -0.15) is 5.10 Å². The molecule has 0 spiro atoms. The fraction of sp³-hybridized carbons (Fsp3) is 0.667. The number of aromatic nitrogens is 2. The smallest absolute Gasteiger partial charge is 0.243 e. The third-order valence-corrected chi connectivity index (χ3v) is 4.51. The number of hydrogen-bond donors (Lipinski definition) is 3. The summed E-state index contributed by atoms with van der Waals surface area (Å²) >= 11 is 0. The first-order valence-corrected chi connectivity index (χ1v) is 6.83. The second kappa shape index (κ2) is 4.52. The Balaban J connectivity index is 2.10. The second-order valence-corrected chi connectivity index (χ2v) is 5.80. The monoisotopic (exact) mass is 244 g/mol. The summed E-state index contributed by atoms with van der Waals surface area (Å²) in [4.78, 5) is 0.176. The molecule has 1 saturated carbocycles. The van der Waals surface area contributed by atoms with E-state index in [0.29, 0.717) is 6.54 Å². The van der Waals surface area contributed by atoms with Crippen LogP contribution in [0.2, 0.25) is 0 Å². The largest absolute Gasteiger partial charge is 0.330 e. The highest BCUT2D eigenvalue weighted by Gasteiger charge is 2.30. The molecular formula is C9H16N4O2S. The topological polar surface area (TPSA) is 101 Å². The van der Waals surface area contributed by atoms with E-state index in [1.54, 1.807) is 0 Å². The van der Waals surface area contributed by atoms with Crippen LogP contribution in [0.5, 0.6) is 0 Å². The SMILES string of the molecule is NCC1CCCC1NS(=O)(=O)c1cn[nH]c1. The van der Waals surface area contributed by atoms with Gasteiger partial charge in [0.1, 0.15) is 4.90 Å². The molecule has 1 heterocycles. The lowest BCUT2D eigenvalue weighted by Crippen LogP contribution is -2.39. The first-order valence-electron chi connectivity index (χ1n) is 5.34. The Labute approximate surface area is 94.7 Å². The average molecular weight is 244 g/mol. The van der Waals surface area contributed by atoms with E-state index in [0.717, 1.165) is 19.3 Å². The summed E-state index contributed by atoms with van der Waals surface area (Å²) in [6.45, 7) is 0.526. The summed E-state index contributed by atoms with van der Waals surface area (Å²) in [7, 11) is -3.44. The Kier molecular flexibility index (Phi) is 3.27. The number of nitrogens with one attached hydrogen (secondary N) is 2. The van der Waals surface area contributed by atoms with Gasteiger partial charge in [-0.1, -0.05) is 6.42 Å². The van der Waals surface area contributed by atoms with E-state index >= 15 is 0 Å². The minimum atomic E-state index is -3.44. The molecule has 1 fully saturated rings. The van der Waals surface area contributed by atoms with Gasteiger partial charge in [-0.15, -0.1) is 0 Å². The molecule has 16 heavy (non-hydrogen) atoms. The van der Waals surface area contributed by atoms with Crippen molar-refractivity contribution in [1.82, 2.24) is 14.9 Å². The predicted octanol–water partition coefficient (Wildman–Crippen LogP) is -0.185. The van der Waals surface area contributed by atoms with Gasteiger partial charge in [-0.3, -0.25) is 5.10 Å². The average Bonchev–Trinajstić information content (AvgIpc) is 2.86. The fourth-order valence-corrected chi connectivity index (χ4v) is 3.37. The van der Waals surface area contributed by atoms with Crippen LogP contribution in [0.4, 0.5) is 0 Å². The number of nitrogens with zero attached hydrogens (tertiary/aromatic N) is 1. The molecule has 2 rings (SSSR count). The summed E-state index contributed by atoms with van der Waals surface area (Å²) in [5.74, 6) is 0.252. The van der Waals surface area contributed by atoms with Crippen LogP contribution in [0.1, 0.15) is 19.3 Å². The molecule has 0 aromatic carbocycles. The quantitative estimate of drug-likeness (QED) is 0.683. The molecule has 0 saturated heterocycles. The molecule has 6 nitrogen and oxygen atoms in total. The molecule has 1 aromatic rings. The van der Waals surface area contributed by atoms with E-state index in [1.165, 1.54) is 12.4 Å². The van der Waals surface area contributed by atoms with E-state index in [2.05, 4.69) is 14.9 Å². The summed E-state index contributed by atoms with van der Waals surface area (Å²) in [5.41, 5.74) is 5.61. The van der Waals surface area contributed by atoms with Gasteiger partial charge in [0.25, 0.3) is 0 Å². The van der Waals surface area contributed by atoms with Crippen molar-refractivity contribution in [3.05, 3.63) is 12.4 Å². The zero-order valence-electron chi connectivity index (χ0n) is 8.89. The number of hydrogen-bond acceptors (Lipinski definition) is 4. The minimum absolute atomic E-state index is 0.0371. The van der Waals surface area contributed by atoms with E-state index in [4.69, 9.17) is 5.73 Å².